The van der Waals surface area contributed by atoms with E-state index in [1.165, 1.54) is 16.8 Å². The van der Waals surface area contributed by atoms with E-state index < -0.39 is 23.8 Å². The largest absolute Gasteiger partial charge is 0.481 e. The molecular formula is C27H33N5O5. The van der Waals surface area contributed by atoms with E-state index in [-0.39, 0.29) is 35.4 Å². The number of carbonyl (C=O) groups is 4. The first kappa shape index (κ1) is 26.2. The molecular weight excluding hydrogens is 474 g/mol. The number of hydrogen-bond acceptors (Lipinski definition) is 6. The highest BCUT2D eigenvalue weighted by atomic mass is 16.4. The number of aliphatic carboxylic acids is 1. The van der Waals surface area contributed by atoms with Crippen molar-refractivity contribution in [2.24, 2.45) is 5.92 Å². The van der Waals surface area contributed by atoms with Crippen LogP contribution in [-0.2, 0) is 16.0 Å². The highest BCUT2D eigenvalue weighted by Gasteiger charge is 2.34. The van der Waals surface area contributed by atoms with Crippen molar-refractivity contribution in [3.05, 3.63) is 52.5 Å². The van der Waals surface area contributed by atoms with Gasteiger partial charge >= 0.3 is 5.97 Å². The van der Waals surface area contributed by atoms with Crippen molar-refractivity contribution in [3.63, 3.8) is 0 Å². The quantitative estimate of drug-likeness (QED) is 0.443. The number of aldehydes is 1. The predicted octanol–water partition coefficient (Wildman–Crippen LogP) is 3.02. The Hall–Kier alpha value is -3.82. The summed E-state index contributed by atoms with van der Waals surface area (Å²) in [5.74, 6) is -2.67. The summed E-state index contributed by atoms with van der Waals surface area (Å²) in [6, 6.07) is 0.954. The number of allylic oxidation sites excluding steroid dienone is 2. The number of carbonyl (C=O) groups excluding carboxylic acids is 3. The van der Waals surface area contributed by atoms with Crippen LogP contribution in [0.3, 0.4) is 0 Å². The molecule has 0 aliphatic heterocycles. The second kappa shape index (κ2) is 11.1. The number of nitrogens with zero attached hydrogens (tertiary/aromatic N) is 3. The first-order chi connectivity index (χ1) is 17.7. The monoisotopic (exact) mass is 507 g/mol. The summed E-state index contributed by atoms with van der Waals surface area (Å²) in [5.41, 5.74) is 3.19. The second-order valence-electron chi connectivity index (χ2n) is 9.95. The van der Waals surface area contributed by atoms with Gasteiger partial charge in [0.15, 0.2) is 5.65 Å². The van der Waals surface area contributed by atoms with Crippen molar-refractivity contribution in [3.8, 4) is 0 Å². The Morgan fingerprint density at radius 1 is 1.19 bits per heavy atom. The van der Waals surface area contributed by atoms with Crippen LogP contribution in [0.4, 0.5) is 0 Å². The average Bonchev–Trinajstić information content (AvgIpc) is 3.48. The van der Waals surface area contributed by atoms with E-state index in [1.807, 2.05) is 6.92 Å². The molecule has 2 aliphatic carbocycles. The van der Waals surface area contributed by atoms with Gasteiger partial charge < -0.3 is 20.5 Å². The maximum Gasteiger partial charge on any atom is 0.310 e. The van der Waals surface area contributed by atoms with Crippen LogP contribution < -0.4 is 10.6 Å². The van der Waals surface area contributed by atoms with Gasteiger partial charge in [-0.1, -0.05) is 31.4 Å². The third-order valence-electron chi connectivity index (χ3n) is 7.32. The maximum absolute atomic E-state index is 13.6. The minimum atomic E-state index is -0.978. The first-order valence-electron chi connectivity index (χ1n) is 12.8. The molecule has 196 valence electrons. The molecule has 3 N–H and O–H groups in total. The van der Waals surface area contributed by atoms with E-state index >= 15 is 0 Å². The van der Waals surface area contributed by atoms with Crippen LogP contribution in [0, 0.1) is 5.92 Å². The van der Waals surface area contributed by atoms with E-state index in [9.17, 15) is 24.3 Å². The highest BCUT2D eigenvalue weighted by molar-refractivity contribution is 5.99. The third kappa shape index (κ3) is 5.47. The summed E-state index contributed by atoms with van der Waals surface area (Å²) in [4.78, 5) is 54.1. The van der Waals surface area contributed by atoms with Gasteiger partial charge in [-0.2, -0.15) is 5.10 Å². The Bertz CT molecular complexity index is 1290. The lowest BCUT2D eigenvalue weighted by Gasteiger charge is -2.23. The van der Waals surface area contributed by atoms with Crippen LogP contribution in [-0.4, -0.2) is 55.9 Å². The van der Waals surface area contributed by atoms with Crippen molar-refractivity contribution >= 4 is 29.7 Å². The molecule has 4 rings (SSSR count). The molecule has 1 fully saturated rings. The van der Waals surface area contributed by atoms with Crippen LogP contribution in [0.25, 0.3) is 5.65 Å². The molecule has 0 saturated heterocycles. The number of amides is 2. The number of rotatable bonds is 9. The Balaban J connectivity index is 1.69. The van der Waals surface area contributed by atoms with Crippen molar-refractivity contribution in [1.29, 1.82) is 0 Å². The number of hydrogen-bond donors (Lipinski definition) is 3. The fraction of sp³-hybridized carbons (Fsp3) is 0.481. The van der Waals surface area contributed by atoms with Crippen LogP contribution >= 0.6 is 0 Å². The van der Waals surface area contributed by atoms with Crippen molar-refractivity contribution in [2.75, 3.05) is 0 Å². The molecule has 2 unspecified atom stereocenters. The smallest absolute Gasteiger partial charge is 0.310 e. The van der Waals surface area contributed by atoms with E-state index in [1.54, 1.807) is 6.92 Å². The third-order valence-corrected chi connectivity index (χ3v) is 7.32. The number of fused-ring (bicyclic) bond motifs is 1. The fourth-order valence-electron chi connectivity index (χ4n) is 5.36. The Labute approximate surface area is 215 Å². The lowest BCUT2D eigenvalue weighted by molar-refractivity contribution is -0.140. The van der Waals surface area contributed by atoms with Gasteiger partial charge in [0.05, 0.1) is 18.2 Å². The predicted molar refractivity (Wildman–Crippen MR) is 136 cm³/mol. The average molecular weight is 508 g/mol. The molecule has 2 atom stereocenters. The fourth-order valence-corrected chi connectivity index (χ4v) is 5.36. The standard InChI is InChI=1S/C27H33N5O5/c1-15(2)19-9-10-20(23(19)16(3)27(36)37)31-26(35)22-13-21(25(34)29-18-7-5-4-6-8-18)30-24-17(11-12-33)14-28-32(22)24/h12-14,16,18,20H,1,4-11H2,2-3H3,(H,29,34)(H,31,35)(H,36,37). The Morgan fingerprint density at radius 2 is 1.92 bits per heavy atom. The van der Waals surface area contributed by atoms with Crippen molar-refractivity contribution in [2.45, 2.75) is 77.3 Å². The number of carboxylic acid groups (broad SMARTS) is 1. The summed E-state index contributed by atoms with van der Waals surface area (Å²) >= 11 is 0. The van der Waals surface area contributed by atoms with E-state index in [0.717, 1.165) is 49.5 Å². The Kier molecular flexibility index (Phi) is 7.85. The molecule has 0 radical (unpaired) electrons. The van der Waals surface area contributed by atoms with Gasteiger partial charge in [0.1, 0.15) is 17.7 Å². The maximum atomic E-state index is 13.6. The summed E-state index contributed by atoms with van der Waals surface area (Å²) in [5, 5.41) is 19.9. The van der Waals surface area contributed by atoms with Gasteiger partial charge in [0.2, 0.25) is 0 Å². The lowest BCUT2D eigenvalue weighted by atomic mass is 9.92. The molecule has 1 saturated carbocycles. The molecule has 2 heterocycles. The van der Waals surface area contributed by atoms with Crippen LogP contribution in [0.5, 0.6) is 0 Å². The normalized spacial score (nSPS) is 19.0. The van der Waals surface area contributed by atoms with E-state index in [4.69, 9.17) is 0 Å². The number of carboxylic acids is 1. The molecule has 2 aromatic heterocycles. The molecule has 0 aromatic carbocycles. The van der Waals surface area contributed by atoms with Crippen LogP contribution in [0.2, 0.25) is 0 Å². The molecule has 2 aromatic rings. The van der Waals surface area contributed by atoms with Gasteiger partial charge in [-0.25, -0.2) is 9.50 Å². The summed E-state index contributed by atoms with van der Waals surface area (Å²) in [7, 11) is 0. The first-order valence-corrected chi connectivity index (χ1v) is 12.8. The summed E-state index contributed by atoms with van der Waals surface area (Å²) in [6.45, 7) is 7.41. The minimum Gasteiger partial charge on any atom is -0.481 e. The zero-order chi connectivity index (χ0) is 26.7. The zero-order valence-electron chi connectivity index (χ0n) is 21.2. The second-order valence-corrected chi connectivity index (χ2v) is 9.95. The number of nitrogens with one attached hydrogen (secondary N) is 2. The minimum absolute atomic E-state index is 0.0405. The van der Waals surface area contributed by atoms with Crippen molar-refractivity contribution in [1.82, 2.24) is 25.2 Å². The molecule has 2 aliphatic rings. The Morgan fingerprint density at radius 3 is 2.57 bits per heavy atom. The van der Waals surface area contributed by atoms with Crippen LogP contribution in [0.15, 0.2) is 35.6 Å². The number of aromatic nitrogens is 3. The molecule has 0 bridgehead atoms. The van der Waals surface area contributed by atoms with Crippen molar-refractivity contribution < 1.29 is 24.3 Å². The van der Waals surface area contributed by atoms with E-state index in [2.05, 4.69) is 27.3 Å². The molecule has 2 amide bonds. The van der Waals surface area contributed by atoms with Gasteiger partial charge in [-0.05, 0) is 50.7 Å². The van der Waals surface area contributed by atoms with Gasteiger partial charge in [0, 0.05) is 24.1 Å². The summed E-state index contributed by atoms with van der Waals surface area (Å²) < 4.78 is 1.32. The zero-order valence-corrected chi connectivity index (χ0v) is 21.2. The molecule has 37 heavy (non-hydrogen) atoms. The van der Waals surface area contributed by atoms with Gasteiger partial charge in [-0.15, -0.1) is 0 Å². The lowest BCUT2D eigenvalue weighted by Crippen LogP contribution is -2.39. The van der Waals surface area contributed by atoms with Crippen LogP contribution in [0.1, 0.15) is 85.3 Å². The molecule has 10 heteroatoms. The SMILES string of the molecule is C=C(C)C1=C(C(C)C(=O)O)C(NC(=O)c2cc(C(=O)NC3CCCCC3)nc3c(CC=O)cnn23)CC1. The molecule has 0 spiro atoms. The summed E-state index contributed by atoms with van der Waals surface area (Å²) in [6.07, 6.45) is 8.42. The molecule has 10 nitrogen and oxygen atoms in total. The van der Waals surface area contributed by atoms with Gasteiger partial charge in [0.25, 0.3) is 11.8 Å². The van der Waals surface area contributed by atoms with E-state index in [0.29, 0.717) is 24.0 Å². The van der Waals surface area contributed by atoms with Gasteiger partial charge in [-0.3, -0.25) is 14.4 Å². The topological polar surface area (TPSA) is 143 Å². The highest BCUT2D eigenvalue weighted by Crippen LogP contribution is 2.36.